The molecule has 1 amide bonds. The van der Waals surface area contributed by atoms with Crippen LogP contribution in [0.1, 0.15) is 24.6 Å². The minimum absolute atomic E-state index is 0.441. The standard InChI is InChI=1S/C9H13N3O/c1-2-3-8-7(6-11-12-8)4-5-9(10)13/h4-6H,2-3H2,1H3,(H2,10,13)(H,11,12)/b5-4-. The first-order chi connectivity index (χ1) is 6.24. The maximum atomic E-state index is 10.5. The number of aromatic nitrogens is 2. The number of carbonyl (C=O) groups excluding carboxylic acids is 1. The number of nitrogens with two attached hydrogens (primary N) is 1. The number of H-pyrrole nitrogens is 1. The number of rotatable bonds is 4. The van der Waals surface area contributed by atoms with Crippen molar-refractivity contribution in [2.24, 2.45) is 5.73 Å². The Hall–Kier alpha value is -1.58. The topological polar surface area (TPSA) is 71.8 Å². The van der Waals surface area contributed by atoms with Crippen molar-refractivity contribution >= 4 is 12.0 Å². The summed E-state index contributed by atoms with van der Waals surface area (Å²) in [5.41, 5.74) is 6.95. The maximum absolute atomic E-state index is 10.5. The molecule has 0 aromatic carbocycles. The van der Waals surface area contributed by atoms with E-state index in [0.29, 0.717) is 0 Å². The van der Waals surface area contributed by atoms with Crippen LogP contribution >= 0.6 is 0 Å². The van der Waals surface area contributed by atoms with E-state index < -0.39 is 5.91 Å². The lowest BCUT2D eigenvalue weighted by molar-refractivity contribution is -0.113. The van der Waals surface area contributed by atoms with Crippen LogP contribution < -0.4 is 5.73 Å². The zero-order valence-corrected chi connectivity index (χ0v) is 7.58. The third-order valence-electron chi connectivity index (χ3n) is 1.68. The Balaban J connectivity index is 2.75. The number of hydrogen-bond acceptors (Lipinski definition) is 2. The highest BCUT2D eigenvalue weighted by molar-refractivity contribution is 5.90. The number of aryl methyl sites for hydroxylation is 1. The largest absolute Gasteiger partial charge is 0.366 e. The Bertz CT molecular complexity index is 314. The van der Waals surface area contributed by atoms with E-state index in [1.54, 1.807) is 12.3 Å². The van der Waals surface area contributed by atoms with Crippen molar-refractivity contribution in [3.05, 3.63) is 23.5 Å². The van der Waals surface area contributed by atoms with Crippen LogP contribution in [0.4, 0.5) is 0 Å². The van der Waals surface area contributed by atoms with Gasteiger partial charge in [-0.3, -0.25) is 9.89 Å². The van der Waals surface area contributed by atoms with Crippen molar-refractivity contribution < 1.29 is 4.79 Å². The fourth-order valence-electron chi connectivity index (χ4n) is 1.09. The van der Waals surface area contributed by atoms with E-state index in [2.05, 4.69) is 17.1 Å². The van der Waals surface area contributed by atoms with Gasteiger partial charge in [0.1, 0.15) is 0 Å². The van der Waals surface area contributed by atoms with Crippen LogP contribution in [0.2, 0.25) is 0 Å². The van der Waals surface area contributed by atoms with Gasteiger partial charge in [0.25, 0.3) is 0 Å². The summed E-state index contributed by atoms with van der Waals surface area (Å²) >= 11 is 0. The maximum Gasteiger partial charge on any atom is 0.241 e. The van der Waals surface area contributed by atoms with Gasteiger partial charge < -0.3 is 5.73 Å². The summed E-state index contributed by atoms with van der Waals surface area (Å²) in [7, 11) is 0. The third kappa shape index (κ3) is 2.74. The van der Waals surface area contributed by atoms with Gasteiger partial charge in [0.2, 0.25) is 5.91 Å². The molecule has 1 heterocycles. The lowest BCUT2D eigenvalue weighted by Crippen LogP contribution is -2.05. The molecule has 4 nitrogen and oxygen atoms in total. The Morgan fingerprint density at radius 3 is 3.15 bits per heavy atom. The van der Waals surface area contributed by atoms with E-state index in [4.69, 9.17) is 5.73 Å². The molecule has 0 spiro atoms. The summed E-state index contributed by atoms with van der Waals surface area (Å²) in [6, 6.07) is 0. The van der Waals surface area contributed by atoms with Crippen molar-refractivity contribution in [1.29, 1.82) is 0 Å². The van der Waals surface area contributed by atoms with Crippen LogP contribution in [-0.4, -0.2) is 16.1 Å². The molecule has 3 N–H and O–H groups in total. The first-order valence-electron chi connectivity index (χ1n) is 4.23. The Kier molecular flexibility index (Phi) is 3.25. The molecule has 0 bridgehead atoms. The zero-order valence-electron chi connectivity index (χ0n) is 7.58. The molecule has 0 aliphatic rings. The van der Waals surface area contributed by atoms with Crippen LogP contribution in [0, 0.1) is 0 Å². The van der Waals surface area contributed by atoms with Crippen molar-refractivity contribution in [3.63, 3.8) is 0 Å². The normalized spacial score (nSPS) is 10.8. The molecular weight excluding hydrogens is 166 g/mol. The van der Waals surface area contributed by atoms with Crippen molar-refractivity contribution in [3.8, 4) is 0 Å². The number of carbonyl (C=O) groups is 1. The molecule has 0 aliphatic heterocycles. The fraction of sp³-hybridized carbons (Fsp3) is 0.333. The van der Waals surface area contributed by atoms with Crippen molar-refractivity contribution in [2.75, 3.05) is 0 Å². The SMILES string of the molecule is CCCc1[nH]ncc1/C=C\C(N)=O. The Morgan fingerprint density at radius 2 is 2.54 bits per heavy atom. The van der Waals surface area contributed by atoms with Gasteiger partial charge in [-0.15, -0.1) is 0 Å². The molecule has 0 fully saturated rings. The van der Waals surface area contributed by atoms with Crippen LogP contribution in [0.3, 0.4) is 0 Å². The lowest BCUT2D eigenvalue weighted by atomic mass is 10.1. The molecule has 1 rings (SSSR count). The summed E-state index contributed by atoms with van der Waals surface area (Å²) in [6.45, 7) is 2.09. The second-order valence-electron chi connectivity index (χ2n) is 2.79. The third-order valence-corrected chi connectivity index (χ3v) is 1.68. The molecule has 13 heavy (non-hydrogen) atoms. The average molecular weight is 179 g/mol. The van der Waals surface area contributed by atoms with Crippen LogP contribution in [0.25, 0.3) is 6.08 Å². The minimum Gasteiger partial charge on any atom is -0.366 e. The molecule has 0 aliphatic carbocycles. The van der Waals surface area contributed by atoms with E-state index in [0.717, 1.165) is 24.1 Å². The Morgan fingerprint density at radius 1 is 1.77 bits per heavy atom. The number of amides is 1. The molecule has 1 aromatic rings. The van der Waals surface area contributed by atoms with Crippen molar-refractivity contribution in [2.45, 2.75) is 19.8 Å². The molecule has 0 atom stereocenters. The number of nitrogens with zero attached hydrogens (tertiary/aromatic N) is 1. The van der Waals surface area contributed by atoms with E-state index in [1.165, 1.54) is 6.08 Å². The molecule has 0 unspecified atom stereocenters. The van der Waals surface area contributed by atoms with Gasteiger partial charge in [-0.25, -0.2) is 0 Å². The van der Waals surface area contributed by atoms with Gasteiger partial charge in [-0.2, -0.15) is 5.10 Å². The van der Waals surface area contributed by atoms with Crippen LogP contribution in [0.5, 0.6) is 0 Å². The second kappa shape index (κ2) is 4.45. The van der Waals surface area contributed by atoms with E-state index in [-0.39, 0.29) is 0 Å². The highest BCUT2D eigenvalue weighted by Gasteiger charge is 1.99. The highest BCUT2D eigenvalue weighted by atomic mass is 16.1. The molecule has 0 saturated heterocycles. The molecule has 4 heteroatoms. The molecule has 1 aromatic heterocycles. The van der Waals surface area contributed by atoms with Crippen LogP contribution in [-0.2, 0) is 11.2 Å². The number of nitrogens with one attached hydrogen (secondary N) is 1. The quantitative estimate of drug-likeness (QED) is 0.673. The first kappa shape index (κ1) is 9.51. The van der Waals surface area contributed by atoms with Gasteiger partial charge in [-0.1, -0.05) is 13.3 Å². The van der Waals surface area contributed by atoms with Crippen molar-refractivity contribution in [1.82, 2.24) is 10.2 Å². The Labute approximate surface area is 76.8 Å². The van der Waals surface area contributed by atoms with Gasteiger partial charge in [0.15, 0.2) is 0 Å². The molecule has 70 valence electrons. The van der Waals surface area contributed by atoms with Gasteiger partial charge in [-0.05, 0) is 12.5 Å². The summed E-state index contributed by atoms with van der Waals surface area (Å²) in [5.74, 6) is -0.441. The summed E-state index contributed by atoms with van der Waals surface area (Å²) in [4.78, 5) is 10.5. The van der Waals surface area contributed by atoms with Gasteiger partial charge >= 0.3 is 0 Å². The summed E-state index contributed by atoms with van der Waals surface area (Å²) < 4.78 is 0. The summed E-state index contributed by atoms with van der Waals surface area (Å²) in [6.07, 6.45) is 6.67. The predicted octanol–water partition coefficient (Wildman–Crippen LogP) is 0.861. The van der Waals surface area contributed by atoms with E-state index >= 15 is 0 Å². The van der Waals surface area contributed by atoms with E-state index in [9.17, 15) is 4.79 Å². The number of hydrogen-bond donors (Lipinski definition) is 2. The van der Waals surface area contributed by atoms with Crippen LogP contribution in [0.15, 0.2) is 12.3 Å². The molecule has 0 saturated carbocycles. The highest BCUT2D eigenvalue weighted by Crippen LogP contribution is 2.08. The van der Waals surface area contributed by atoms with Gasteiger partial charge in [0, 0.05) is 17.3 Å². The minimum atomic E-state index is -0.441. The van der Waals surface area contributed by atoms with Gasteiger partial charge in [0.05, 0.1) is 6.20 Å². The molecular formula is C9H13N3O. The number of primary amides is 1. The van der Waals surface area contributed by atoms with E-state index in [1.807, 2.05) is 0 Å². The fourth-order valence-corrected chi connectivity index (χ4v) is 1.09. The smallest absolute Gasteiger partial charge is 0.241 e. The zero-order chi connectivity index (χ0) is 9.68. The lowest BCUT2D eigenvalue weighted by Gasteiger charge is -1.94. The predicted molar refractivity (Wildman–Crippen MR) is 50.8 cm³/mol. The number of aromatic amines is 1. The average Bonchev–Trinajstić information content (AvgIpc) is 2.49. The first-order valence-corrected chi connectivity index (χ1v) is 4.23. The monoisotopic (exact) mass is 179 g/mol. The summed E-state index contributed by atoms with van der Waals surface area (Å²) in [5, 5.41) is 6.77. The second-order valence-corrected chi connectivity index (χ2v) is 2.79. The molecule has 0 radical (unpaired) electrons.